The maximum Gasteiger partial charge on any atom is 0.296 e. The minimum Gasteiger partial charge on any atom is -0.394 e. The largest absolute Gasteiger partial charge is 0.394 e. The number of aliphatic hydroxyl groups is 5. The van der Waals surface area contributed by atoms with Crippen molar-refractivity contribution >= 4 is 19.2 Å². The van der Waals surface area contributed by atoms with Crippen molar-refractivity contribution in [2.24, 2.45) is 0 Å². The molecule has 78 valence electrons. The zero-order valence-corrected chi connectivity index (χ0v) is 7.46. The zero-order valence-electron chi connectivity index (χ0n) is 6.65. The molecule has 5 N–H and O–H groups in total. The maximum atomic E-state index is 9.09. The first kappa shape index (κ1) is 12.7. The van der Waals surface area contributed by atoms with Gasteiger partial charge < -0.3 is 29.4 Å². The molecule has 0 aromatic heterocycles. The molecular weight excluding hydrogens is 200 g/mol. The Hall–Kier alpha value is -0.310. The van der Waals surface area contributed by atoms with Crippen LogP contribution in [0.25, 0.3) is 0 Å². The first-order chi connectivity index (χ1) is 6.04. The Bertz CT molecular complexity index is 163. The highest BCUT2D eigenvalue weighted by atomic mass is 32.1. The van der Waals surface area contributed by atoms with Gasteiger partial charge in [-0.25, -0.2) is 12.9 Å². The van der Waals surface area contributed by atoms with Crippen LogP contribution in [-0.4, -0.2) is 62.8 Å². The van der Waals surface area contributed by atoms with Crippen LogP contribution in [0.1, 0.15) is 0 Å². The van der Waals surface area contributed by atoms with Gasteiger partial charge in [-0.1, -0.05) is 0 Å². The highest BCUT2D eigenvalue weighted by Gasteiger charge is 2.31. The predicted molar refractivity (Wildman–Crippen MR) is 44.5 cm³/mol. The topological polar surface area (TPSA) is 112 Å². The lowest BCUT2D eigenvalue weighted by molar-refractivity contribution is -0.243. The van der Waals surface area contributed by atoms with E-state index in [-0.39, 0.29) is 0 Å². The first-order valence-electron chi connectivity index (χ1n) is 3.49. The summed E-state index contributed by atoms with van der Waals surface area (Å²) in [5.41, 5.74) is 0. The van der Waals surface area contributed by atoms with Crippen molar-refractivity contribution in [2.75, 3.05) is 6.61 Å². The normalized spacial score (nSPS) is 21.3. The van der Waals surface area contributed by atoms with Crippen LogP contribution in [0.3, 0.4) is 0 Å². The lowest BCUT2D eigenvalue weighted by Crippen LogP contribution is -2.46. The average molecular weight is 212 g/mol. The number of carbonyl (C=O) groups excluding carboxylic acids is 1. The molecule has 0 bridgehead atoms. The van der Waals surface area contributed by atoms with Gasteiger partial charge in [-0.2, -0.15) is 0 Å². The summed E-state index contributed by atoms with van der Waals surface area (Å²) in [6.45, 7) is -0.723. The summed E-state index contributed by atoms with van der Waals surface area (Å²) in [5.74, 6) is 0. The minimum absolute atomic E-state index is 0.716. The van der Waals surface area contributed by atoms with Crippen LogP contribution in [-0.2, 0) is 16.8 Å². The SMILES string of the molecule is OC[C@@H](O)[C@@H](O)[C@H](O)[C@H](O)C=[O+][S-]. The third kappa shape index (κ3) is 3.94. The van der Waals surface area contributed by atoms with Crippen LogP contribution in [0.5, 0.6) is 0 Å². The fourth-order valence-corrected chi connectivity index (χ4v) is 0.789. The third-order valence-electron chi connectivity index (χ3n) is 1.48. The Kier molecular flexibility index (Phi) is 6.04. The molecule has 0 aliphatic carbocycles. The molecule has 0 amide bonds. The molecule has 0 spiro atoms. The lowest BCUT2D eigenvalue weighted by atomic mass is 10.0. The van der Waals surface area contributed by atoms with Crippen molar-refractivity contribution in [3.05, 3.63) is 0 Å². The van der Waals surface area contributed by atoms with E-state index in [0.717, 1.165) is 0 Å². The molecule has 0 rings (SSSR count). The molecule has 0 saturated carbocycles. The molecule has 13 heavy (non-hydrogen) atoms. The van der Waals surface area contributed by atoms with Crippen molar-refractivity contribution in [1.29, 1.82) is 0 Å². The molecule has 0 saturated heterocycles. The van der Waals surface area contributed by atoms with E-state index in [2.05, 4.69) is 16.8 Å². The fraction of sp³-hybridized carbons (Fsp3) is 0.833. The second-order valence-electron chi connectivity index (χ2n) is 2.45. The average Bonchev–Trinajstić information content (AvgIpc) is 2.14. The van der Waals surface area contributed by atoms with E-state index in [1.807, 2.05) is 0 Å². The van der Waals surface area contributed by atoms with Gasteiger partial charge in [0.2, 0.25) is 0 Å². The second kappa shape index (κ2) is 6.19. The highest BCUT2D eigenvalue weighted by Crippen LogP contribution is 2.03. The lowest BCUT2D eigenvalue weighted by Gasteiger charge is -2.21. The summed E-state index contributed by atoms with van der Waals surface area (Å²) in [7, 11) is 0. The molecule has 0 radical (unpaired) electrons. The summed E-state index contributed by atoms with van der Waals surface area (Å²) in [4.78, 5) is 0. The summed E-state index contributed by atoms with van der Waals surface area (Å²) in [5, 5.41) is 44.4. The standard InChI is InChI=1S/C6H12O6S/c7-1-3(8)5(10)6(11)4(9)2-12-13/h2-11H,1H2/t3-,4-,5-,6-/m1/s1. The molecule has 0 aromatic rings. The first-order valence-corrected chi connectivity index (χ1v) is 3.83. The van der Waals surface area contributed by atoms with E-state index in [1.165, 1.54) is 0 Å². The molecule has 0 aliphatic heterocycles. The number of hydrogen-bond donors (Lipinski definition) is 5. The molecule has 0 heterocycles. The van der Waals surface area contributed by atoms with Crippen molar-refractivity contribution in [3.63, 3.8) is 0 Å². The van der Waals surface area contributed by atoms with E-state index >= 15 is 0 Å². The smallest absolute Gasteiger partial charge is 0.296 e. The number of hydrogen-bond acceptors (Lipinski definition) is 6. The van der Waals surface area contributed by atoms with Crippen LogP contribution in [0.2, 0.25) is 0 Å². The molecule has 6 nitrogen and oxygen atoms in total. The molecule has 0 aliphatic rings. The summed E-state index contributed by atoms with van der Waals surface area (Å²) in [6.07, 6.45) is -5.66. The van der Waals surface area contributed by atoms with Crippen LogP contribution in [0.4, 0.5) is 0 Å². The molecule has 0 aromatic carbocycles. The third-order valence-corrected chi connectivity index (χ3v) is 1.59. The van der Waals surface area contributed by atoms with Crippen LogP contribution in [0.15, 0.2) is 0 Å². The molecule has 0 fully saturated rings. The van der Waals surface area contributed by atoms with Gasteiger partial charge in [-0.05, 0) is 0 Å². The predicted octanol–water partition coefficient (Wildman–Crippen LogP) is -3.38. The fourth-order valence-electron chi connectivity index (χ4n) is 0.675. The molecule has 7 heteroatoms. The Balaban J connectivity index is 4.15. The van der Waals surface area contributed by atoms with E-state index in [9.17, 15) is 0 Å². The molecular formula is C6H12O6S. The number of aliphatic hydroxyl groups excluding tert-OH is 5. The van der Waals surface area contributed by atoms with Gasteiger partial charge in [0.05, 0.1) is 6.61 Å². The summed E-state index contributed by atoms with van der Waals surface area (Å²) >= 11 is 4.01. The van der Waals surface area contributed by atoms with Crippen molar-refractivity contribution in [1.82, 2.24) is 0 Å². The second-order valence-corrected chi connectivity index (χ2v) is 2.65. The van der Waals surface area contributed by atoms with Gasteiger partial charge in [0.1, 0.15) is 18.3 Å². The van der Waals surface area contributed by atoms with Crippen LogP contribution < -0.4 is 0 Å². The number of rotatable bonds is 5. The quantitative estimate of drug-likeness (QED) is 0.185. The Morgan fingerprint density at radius 1 is 1.15 bits per heavy atom. The minimum atomic E-state index is -1.67. The van der Waals surface area contributed by atoms with Gasteiger partial charge in [0, 0.05) is 0 Å². The maximum absolute atomic E-state index is 9.09. The van der Waals surface area contributed by atoms with Gasteiger partial charge in [0.25, 0.3) is 6.29 Å². The van der Waals surface area contributed by atoms with Gasteiger partial charge in [-0.3, -0.25) is 0 Å². The zero-order chi connectivity index (χ0) is 10.4. The van der Waals surface area contributed by atoms with Crippen LogP contribution >= 0.6 is 0 Å². The van der Waals surface area contributed by atoms with E-state index in [4.69, 9.17) is 25.5 Å². The molecule has 4 atom stereocenters. The van der Waals surface area contributed by atoms with E-state index in [1.54, 1.807) is 0 Å². The Morgan fingerprint density at radius 2 is 1.69 bits per heavy atom. The van der Waals surface area contributed by atoms with Crippen molar-refractivity contribution in [3.8, 4) is 0 Å². The summed E-state index contributed by atoms with van der Waals surface area (Å²) < 4.78 is 3.98. The Morgan fingerprint density at radius 3 is 2.08 bits per heavy atom. The van der Waals surface area contributed by atoms with E-state index < -0.39 is 31.0 Å². The molecule has 0 unspecified atom stereocenters. The highest BCUT2D eigenvalue weighted by molar-refractivity contribution is 7.50. The van der Waals surface area contributed by atoms with E-state index in [0.29, 0.717) is 6.29 Å². The van der Waals surface area contributed by atoms with Gasteiger partial charge in [0.15, 0.2) is 6.10 Å². The monoisotopic (exact) mass is 212 g/mol. The van der Waals surface area contributed by atoms with Gasteiger partial charge in [-0.15, -0.1) is 0 Å². The Labute approximate surface area is 80.4 Å². The van der Waals surface area contributed by atoms with Crippen molar-refractivity contribution < 1.29 is 29.4 Å². The summed E-state index contributed by atoms with van der Waals surface area (Å²) in [6, 6.07) is 0. The van der Waals surface area contributed by atoms with Gasteiger partial charge >= 0.3 is 0 Å². The number of aldehydes is 1. The van der Waals surface area contributed by atoms with Crippen LogP contribution in [0, 0.1) is 0 Å². The van der Waals surface area contributed by atoms with Crippen molar-refractivity contribution in [2.45, 2.75) is 24.4 Å².